The van der Waals surface area contributed by atoms with E-state index in [1.807, 2.05) is 6.92 Å². The number of hydrogen-bond donors (Lipinski definition) is 2. The Bertz CT molecular complexity index is 407. The van der Waals surface area contributed by atoms with Crippen molar-refractivity contribution >= 4 is 17.3 Å². The summed E-state index contributed by atoms with van der Waals surface area (Å²) in [6.07, 6.45) is 0.659. The Morgan fingerprint density at radius 1 is 1.28 bits per heavy atom. The van der Waals surface area contributed by atoms with Crippen molar-refractivity contribution in [1.82, 2.24) is 0 Å². The third-order valence-electron chi connectivity index (χ3n) is 2.90. The van der Waals surface area contributed by atoms with Gasteiger partial charge in [0.2, 0.25) is 0 Å². The molecule has 1 unspecified atom stereocenters. The highest BCUT2D eigenvalue weighted by Gasteiger charge is 2.18. The van der Waals surface area contributed by atoms with E-state index in [0.29, 0.717) is 29.5 Å². The van der Waals surface area contributed by atoms with Gasteiger partial charge in [0.05, 0.1) is 30.5 Å². The van der Waals surface area contributed by atoms with E-state index >= 15 is 0 Å². The lowest BCUT2D eigenvalue weighted by molar-refractivity contribution is 0.0697. The van der Waals surface area contributed by atoms with Crippen LogP contribution in [-0.4, -0.2) is 31.5 Å². The largest absolute Gasteiger partial charge is 0.495 e. The molecule has 1 aromatic rings. The van der Waals surface area contributed by atoms with Crippen LogP contribution in [0.4, 0.5) is 5.69 Å². The summed E-state index contributed by atoms with van der Waals surface area (Å²) in [6.45, 7) is 4.13. The molecule has 1 rings (SSSR count). The molecule has 0 aliphatic heterocycles. The maximum Gasteiger partial charge on any atom is 0.145 e. The van der Waals surface area contributed by atoms with Gasteiger partial charge >= 0.3 is 0 Å². The van der Waals surface area contributed by atoms with Crippen molar-refractivity contribution in [2.45, 2.75) is 25.9 Å². The monoisotopic (exact) mass is 273 g/mol. The van der Waals surface area contributed by atoms with Crippen molar-refractivity contribution < 1.29 is 14.6 Å². The van der Waals surface area contributed by atoms with Crippen molar-refractivity contribution in [3.05, 3.63) is 17.2 Å². The average Bonchev–Trinajstić information content (AvgIpc) is 2.36. The number of ether oxygens (including phenoxy) is 2. The highest BCUT2D eigenvalue weighted by molar-refractivity contribution is 6.32. The molecule has 0 spiro atoms. The fraction of sp³-hybridized carbons (Fsp3) is 0.538. The van der Waals surface area contributed by atoms with Gasteiger partial charge in [-0.2, -0.15) is 0 Å². The first-order chi connectivity index (χ1) is 8.43. The normalized spacial score (nSPS) is 13.9. The highest BCUT2D eigenvalue weighted by atomic mass is 35.5. The van der Waals surface area contributed by atoms with Crippen LogP contribution >= 0.6 is 11.6 Å². The minimum atomic E-state index is -0.766. The van der Waals surface area contributed by atoms with Gasteiger partial charge in [-0.15, -0.1) is 0 Å². The molecule has 0 heterocycles. The number of anilines is 1. The van der Waals surface area contributed by atoms with Crippen LogP contribution in [0.5, 0.6) is 11.5 Å². The van der Waals surface area contributed by atoms with Crippen molar-refractivity contribution in [2.75, 3.05) is 26.1 Å². The third-order valence-corrected chi connectivity index (χ3v) is 3.19. The van der Waals surface area contributed by atoms with Crippen molar-refractivity contribution in [2.24, 2.45) is 0 Å². The van der Waals surface area contributed by atoms with Gasteiger partial charge in [0.25, 0.3) is 0 Å². The molecule has 102 valence electrons. The van der Waals surface area contributed by atoms with Gasteiger partial charge < -0.3 is 19.9 Å². The molecule has 0 aromatic heterocycles. The molecule has 0 aliphatic rings. The van der Waals surface area contributed by atoms with Crippen LogP contribution in [0.25, 0.3) is 0 Å². The SMILES string of the molecule is CCC(C)(O)CNc1cc(Cl)c(OC)cc1OC. The van der Waals surface area contributed by atoms with E-state index < -0.39 is 5.60 Å². The molecule has 0 fully saturated rings. The molecule has 5 heteroatoms. The average molecular weight is 274 g/mol. The zero-order chi connectivity index (χ0) is 13.8. The molecule has 18 heavy (non-hydrogen) atoms. The number of benzene rings is 1. The van der Waals surface area contributed by atoms with E-state index in [9.17, 15) is 5.11 Å². The van der Waals surface area contributed by atoms with Crippen molar-refractivity contribution in [3.63, 3.8) is 0 Å². The van der Waals surface area contributed by atoms with Crippen molar-refractivity contribution in [3.8, 4) is 11.5 Å². The van der Waals surface area contributed by atoms with Gasteiger partial charge in [-0.3, -0.25) is 0 Å². The molecule has 2 N–H and O–H groups in total. The van der Waals surface area contributed by atoms with Crippen LogP contribution in [0.15, 0.2) is 12.1 Å². The molecule has 0 bridgehead atoms. The van der Waals surface area contributed by atoms with E-state index in [0.717, 1.165) is 5.69 Å². The van der Waals surface area contributed by atoms with Gasteiger partial charge in [0.1, 0.15) is 11.5 Å². The molecular weight excluding hydrogens is 254 g/mol. The zero-order valence-corrected chi connectivity index (χ0v) is 12.0. The minimum absolute atomic E-state index is 0.419. The summed E-state index contributed by atoms with van der Waals surface area (Å²) in [5.74, 6) is 1.18. The van der Waals surface area contributed by atoms with Gasteiger partial charge in [-0.05, 0) is 19.4 Å². The Morgan fingerprint density at radius 3 is 2.39 bits per heavy atom. The Morgan fingerprint density at radius 2 is 1.89 bits per heavy atom. The summed E-state index contributed by atoms with van der Waals surface area (Å²) < 4.78 is 10.4. The van der Waals surface area contributed by atoms with Crippen LogP contribution in [0.3, 0.4) is 0 Å². The smallest absolute Gasteiger partial charge is 0.145 e. The summed E-state index contributed by atoms with van der Waals surface area (Å²) in [5, 5.41) is 13.6. The second-order valence-electron chi connectivity index (χ2n) is 4.39. The zero-order valence-electron chi connectivity index (χ0n) is 11.2. The molecule has 1 aromatic carbocycles. The number of hydrogen-bond acceptors (Lipinski definition) is 4. The fourth-order valence-electron chi connectivity index (χ4n) is 1.41. The summed E-state index contributed by atoms with van der Waals surface area (Å²) in [6, 6.07) is 3.44. The maximum atomic E-state index is 9.96. The van der Waals surface area contributed by atoms with Gasteiger partial charge in [-0.25, -0.2) is 0 Å². The topological polar surface area (TPSA) is 50.7 Å². The van der Waals surface area contributed by atoms with E-state index in [-0.39, 0.29) is 0 Å². The third kappa shape index (κ3) is 3.68. The lowest BCUT2D eigenvalue weighted by Crippen LogP contribution is -2.32. The van der Waals surface area contributed by atoms with Crippen LogP contribution in [-0.2, 0) is 0 Å². The van der Waals surface area contributed by atoms with Crippen LogP contribution < -0.4 is 14.8 Å². The standard InChI is InChI=1S/C13H20ClNO3/c1-5-13(2,16)8-15-10-6-9(14)11(17-3)7-12(10)18-4/h6-7,15-16H,5,8H2,1-4H3. The minimum Gasteiger partial charge on any atom is -0.495 e. The fourth-order valence-corrected chi connectivity index (χ4v) is 1.65. The molecule has 4 nitrogen and oxygen atoms in total. The van der Waals surface area contributed by atoms with Gasteiger partial charge in [0, 0.05) is 12.6 Å². The second kappa shape index (κ2) is 6.16. The molecule has 0 saturated carbocycles. The Labute approximate surface area is 113 Å². The molecule has 1 atom stereocenters. The van der Waals surface area contributed by atoms with E-state index in [1.165, 1.54) is 0 Å². The molecule has 0 saturated heterocycles. The first-order valence-electron chi connectivity index (χ1n) is 5.81. The van der Waals surface area contributed by atoms with Crippen LogP contribution in [0.2, 0.25) is 5.02 Å². The maximum absolute atomic E-state index is 9.96. The summed E-state index contributed by atoms with van der Waals surface area (Å²) in [5.41, 5.74) is -0.0331. The number of halogens is 1. The molecule has 0 aliphatic carbocycles. The first-order valence-corrected chi connectivity index (χ1v) is 6.19. The van der Waals surface area contributed by atoms with Crippen molar-refractivity contribution in [1.29, 1.82) is 0 Å². The number of rotatable bonds is 6. The molecular formula is C13H20ClNO3. The molecule has 0 amide bonds. The number of aliphatic hydroxyl groups is 1. The predicted molar refractivity (Wildman–Crippen MR) is 74.0 cm³/mol. The first kappa shape index (κ1) is 14.9. The highest BCUT2D eigenvalue weighted by Crippen LogP contribution is 2.36. The number of methoxy groups -OCH3 is 2. The summed E-state index contributed by atoms with van der Waals surface area (Å²) >= 11 is 6.06. The summed E-state index contributed by atoms with van der Waals surface area (Å²) in [7, 11) is 3.13. The Balaban J connectivity index is 2.91. The van der Waals surface area contributed by atoms with Crippen LogP contribution in [0.1, 0.15) is 20.3 Å². The lowest BCUT2D eigenvalue weighted by Gasteiger charge is -2.23. The van der Waals surface area contributed by atoms with Crippen LogP contribution in [0, 0.1) is 0 Å². The van der Waals surface area contributed by atoms with Gasteiger partial charge in [0.15, 0.2) is 0 Å². The van der Waals surface area contributed by atoms with E-state index in [4.69, 9.17) is 21.1 Å². The second-order valence-corrected chi connectivity index (χ2v) is 4.80. The predicted octanol–water partition coefficient (Wildman–Crippen LogP) is 2.93. The lowest BCUT2D eigenvalue weighted by atomic mass is 10.0. The van der Waals surface area contributed by atoms with Gasteiger partial charge in [-0.1, -0.05) is 18.5 Å². The summed E-state index contributed by atoms with van der Waals surface area (Å²) in [4.78, 5) is 0. The van der Waals surface area contributed by atoms with E-state index in [2.05, 4.69) is 5.32 Å². The quantitative estimate of drug-likeness (QED) is 0.837. The Kier molecular flexibility index (Phi) is 5.11. The Hall–Kier alpha value is -1.13. The number of nitrogens with one attached hydrogen (secondary N) is 1. The van der Waals surface area contributed by atoms with E-state index in [1.54, 1.807) is 33.3 Å². The molecule has 0 radical (unpaired) electrons.